The molecule has 28 heavy (non-hydrogen) atoms. The highest BCUT2D eigenvalue weighted by Gasteiger charge is 2.90. The first-order valence-electron chi connectivity index (χ1n) is 7.30. The number of hydrogen-bond acceptors (Lipinski definition) is 1. The van der Waals surface area contributed by atoms with Crippen LogP contribution in [0.25, 0.3) is 0 Å². The second-order valence-corrected chi connectivity index (χ2v) is 8.10. The van der Waals surface area contributed by atoms with Gasteiger partial charge in [-0.05, 0) is 5.75 Å². The molecule has 0 atom stereocenters. The first-order valence-corrected chi connectivity index (χ1v) is 8.45. The Bertz CT molecular complexity index is 522. The lowest BCUT2D eigenvalue weighted by Gasteiger charge is -2.39. The molecular formula is C13H17F13NS+. The van der Waals surface area contributed by atoms with Gasteiger partial charge >= 0.3 is 35.8 Å². The normalized spacial score (nSPS) is 15.9. The second kappa shape index (κ2) is 7.91. The predicted octanol–water partition coefficient (Wildman–Crippen LogP) is 5.55. The number of quaternary nitrogens is 1. The molecule has 0 aromatic rings. The Balaban J connectivity index is 5.51. The third kappa shape index (κ3) is 5.11. The molecule has 0 unspecified atom stereocenters. The van der Waals surface area contributed by atoms with Gasteiger partial charge in [-0.1, -0.05) is 0 Å². The molecule has 170 valence electrons. The summed E-state index contributed by atoms with van der Waals surface area (Å²) in [7, 11) is 5.02. The van der Waals surface area contributed by atoms with Crippen molar-refractivity contribution in [3.05, 3.63) is 0 Å². The van der Waals surface area contributed by atoms with E-state index in [0.29, 0.717) is 22.8 Å². The molecule has 0 bridgehead atoms. The summed E-state index contributed by atoms with van der Waals surface area (Å²) in [6.07, 6.45) is -9.53. The number of nitrogens with zero attached hydrogens (tertiary/aromatic N) is 1. The molecule has 0 amide bonds. The summed E-state index contributed by atoms with van der Waals surface area (Å²) in [5.41, 5.74) is 0. The van der Waals surface area contributed by atoms with Gasteiger partial charge in [0.1, 0.15) is 0 Å². The van der Waals surface area contributed by atoms with Gasteiger partial charge in [-0.25, -0.2) is 0 Å². The third-order valence-electron chi connectivity index (χ3n) is 3.47. The van der Waals surface area contributed by atoms with Gasteiger partial charge in [0, 0.05) is 12.2 Å². The zero-order valence-electron chi connectivity index (χ0n) is 14.6. The van der Waals surface area contributed by atoms with Gasteiger partial charge in [0.25, 0.3) is 0 Å². The molecule has 0 rings (SSSR count). The Kier molecular flexibility index (Phi) is 7.74. The van der Waals surface area contributed by atoms with E-state index in [4.69, 9.17) is 0 Å². The van der Waals surface area contributed by atoms with E-state index in [0.717, 1.165) is 0 Å². The highest BCUT2D eigenvalue weighted by Crippen LogP contribution is 2.60. The Morgan fingerprint density at radius 3 is 1.32 bits per heavy atom. The molecule has 0 aliphatic heterocycles. The first kappa shape index (κ1) is 27.4. The minimum absolute atomic E-state index is 0.0733. The fraction of sp³-hybridized carbons (Fsp3) is 1.00. The van der Waals surface area contributed by atoms with E-state index in [9.17, 15) is 57.1 Å². The van der Waals surface area contributed by atoms with Gasteiger partial charge in [-0.2, -0.15) is 68.8 Å². The molecule has 0 N–H and O–H groups in total. The van der Waals surface area contributed by atoms with Crippen molar-refractivity contribution in [1.29, 1.82) is 0 Å². The average molecular weight is 466 g/mol. The van der Waals surface area contributed by atoms with Crippen LogP contribution in [0.4, 0.5) is 57.1 Å². The van der Waals surface area contributed by atoms with E-state index in [1.54, 1.807) is 21.1 Å². The minimum atomic E-state index is -7.83. The lowest BCUT2D eigenvalue weighted by Crippen LogP contribution is -2.70. The largest absolute Gasteiger partial charge is 0.460 e. The summed E-state index contributed by atoms with van der Waals surface area (Å²) in [6, 6.07) is 0. The van der Waals surface area contributed by atoms with Crippen molar-refractivity contribution in [3.63, 3.8) is 0 Å². The number of hydrogen-bond donors (Lipinski definition) is 0. The molecule has 0 saturated heterocycles. The van der Waals surface area contributed by atoms with Crippen LogP contribution in [0.1, 0.15) is 6.42 Å². The molecule has 0 heterocycles. The molecule has 0 aliphatic carbocycles. The minimum Gasteiger partial charge on any atom is -0.330 e. The number of thioether (sulfide) groups is 1. The van der Waals surface area contributed by atoms with E-state index in [-0.39, 0.29) is 5.75 Å². The molecule has 0 saturated carbocycles. The van der Waals surface area contributed by atoms with Gasteiger partial charge in [0.05, 0.1) is 27.7 Å². The summed E-state index contributed by atoms with van der Waals surface area (Å²) in [5, 5.41) is 0. The van der Waals surface area contributed by atoms with E-state index < -0.39 is 48.0 Å². The fourth-order valence-electron chi connectivity index (χ4n) is 1.60. The van der Waals surface area contributed by atoms with Crippen LogP contribution in [0, 0.1) is 0 Å². The Labute approximate surface area is 155 Å². The van der Waals surface area contributed by atoms with Crippen LogP contribution in [0.3, 0.4) is 0 Å². The summed E-state index contributed by atoms with van der Waals surface area (Å²) < 4.78 is 168. The van der Waals surface area contributed by atoms with Crippen LogP contribution in [-0.2, 0) is 0 Å². The van der Waals surface area contributed by atoms with Crippen LogP contribution in [0.15, 0.2) is 0 Å². The smallest absolute Gasteiger partial charge is 0.330 e. The molecule has 1 nitrogen and oxygen atoms in total. The van der Waals surface area contributed by atoms with Crippen molar-refractivity contribution in [1.82, 2.24) is 0 Å². The molecule has 15 heteroatoms. The quantitative estimate of drug-likeness (QED) is 0.231. The average Bonchev–Trinajstić information content (AvgIpc) is 2.43. The highest BCUT2D eigenvalue weighted by molar-refractivity contribution is 7.99. The van der Waals surface area contributed by atoms with E-state index >= 15 is 0 Å². The highest BCUT2D eigenvalue weighted by atomic mass is 32.2. The standard InChI is InChI=1S/C13H17F13NS/c1-27(2,3)5-7-28-6-4-8(14,15)9(16,17)10(18,19)11(20,21)12(22,23)13(24,25)26/h4-7H2,1-3H3/q+1. The van der Waals surface area contributed by atoms with Gasteiger partial charge in [0.15, 0.2) is 0 Å². The molecule has 0 aliphatic rings. The monoisotopic (exact) mass is 466 g/mol. The van der Waals surface area contributed by atoms with Crippen molar-refractivity contribution in [3.8, 4) is 0 Å². The topological polar surface area (TPSA) is 0 Å². The van der Waals surface area contributed by atoms with Crippen molar-refractivity contribution < 1.29 is 61.6 Å². The predicted molar refractivity (Wildman–Crippen MR) is 75.6 cm³/mol. The first-order chi connectivity index (χ1) is 12.0. The molecular weight excluding hydrogens is 449 g/mol. The maximum absolute atomic E-state index is 13.5. The van der Waals surface area contributed by atoms with Crippen molar-refractivity contribution in [2.75, 3.05) is 39.2 Å². The second-order valence-electron chi connectivity index (χ2n) is 6.88. The Hall–Kier alpha value is -0.600. The van der Waals surface area contributed by atoms with Crippen LogP contribution < -0.4 is 0 Å². The maximum Gasteiger partial charge on any atom is 0.460 e. The lowest BCUT2D eigenvalue weighted by molar-refractivity contribution is -0.867. The van der Waals surface area contributed by atoms with E-state index in [1.807, 2.05) is 0 Å². The summed E-state index contributed by atoms with van der Waals surface area (Å²) >= 11 is 0.562. The third-order valence-corrected chi connectivity index (χ3v) is 4.43. The zero-order chi connectivity index (χ0) is 23.0. The van der Waals surface area contributed by atoms with Crippen molar-refractivity contribution in [2.45, 2.75) is 42.2 Å². The summed E-state index contributed by atoms with van der Waals surface area (Å²) in [4.78, 5) is 0. The SMILES string of the molecule is C[N+](C)(C)CCSCCC(F)(F)C(F)(F)C(F)(F)C(F)(F)C(F)(F)C(F)(F)F. The van der Waals surface area contributed by atoms with Crippen LogP contribution in [-0.4, -0.2) is 79.5 Å². The van der Waals surface area contributed by atoms with Gasteiger partial charge in [-0.15, -0.1) is 0 Å². The van der Waals surface area contributed by atoms with Crippen LogP contribution in [0.2, 0.25) is 0 Å². The number of rotatable bonds is 10. The molecule has 0 aromatic carbocycles. The van der Waals surface area contributed by atoms with Crippen molar-refractivity contribution in [2.24, 2.45) is 0 Å². The Morgan fingerprint density at radius 2 is 0.964 bits per heavy atom. The van der Waals surface area contributed by atoms with Gasteiger partial charge < -0.3 is 4.48 Å². The lowest BCUT2D eigenvalue weighted by atomic mass is 9.93. The van der Waals surface area contributed by atoms with Gasteiger partial charge in [0.2, 0.25) is 0 Å². The van der Waals surface area contributed by atoms with E-state index in [2.05, 4.69) is 0 Å². The maximum atomic E-state index is 13.5. The summed E-state index contributed by atoms with van der Waals surface area (Å²) in [5.74, 6) is -37.3. The zero-order valence-corrected chi connectivity index (χ0v) is 15.4. The fourth-order valence-corrected chi connectivity index (χ4v) is 2.88. The van der Waals surface area contributed by atoms with Crippen LogP contribution >= 0.6 is 11.8 Å². The molecule has 0 spiro atoms. The number of alkyl halides is 13. The van der Waals surface area contributed by atoms with Gasteiger partial charge in [-0.3, -0.25) is 0 Å². The molecule has 0 aromatic heterocycles. The Morgan fingerprint density at radius 1 is 0.571 bits per heavy atom. The number of halogens is 13. The van der Waals surface area contributed by atoms with E-state index in [1.165, 1.54) is 0 Å². The molecule has 0 radical (unpaired) electrons. The summed E-state index contributed by atoms with van der Waals surface area (Å²) in [6.45, 7) is 0.318. The van der Waals surface area contributed by atoms with Crippen molar-refractivity contribution >= 4 is 11.8 Å². The molecule has 0 fully saturated rings. The van der Waals surface area contributed by atoms with Crippen LogP contribution in [0.5, 0.6) is 0 Å².